The first kappa shape index (κ1) is 13.9. The smallest absolute Gasteiger partial charge is 0.0994 e. The average molecular weight is 293 g/mol. The summed E-state index contributed by atoms with van der Waals surface area (Å²) in [5.74, 6) is 0.477. The molecule has 0 aromatic carbocycles. The Labute approximate surface area is 124 Å². The van der Waals surface area contributed by atoms with Crippen molar-refractivity contribution >= 4 is 17.1 Å². The number of aliphatic hydroxyl groups is 1. The fourth-order valence-electron chi connectivity index (χ4n) is 3.43. The van der Waals surface area contributed by atoms with Crippen molar-refractivity contribution in [2.45, 2.75) is 51.0 Å². The number of halogens is 1. The lowest BCUT2D eigenvalue weighted by Crippen LogP contribution is -2.29. The Morgan fingerprint density at radius 1 is 1.30 bits per heavy atom. The highest BCUT2D eigenvalue weighted by molar-refractivity contribution is 6.31. The second kappa shape index (κ2) is 5.74. The molecule has 0 bridgehead atoms. The van der Waals surface area contributed by atoms with Gasteiger partial charge < -0.3 is 9.51 Å². The van der Waals surface area contributed by atoms with Crippen LogP contribution in [-0.2, 0) is 0 Å². The van der Waals surface area contributed by atoms with E-state index in [1.807, 2.05) is 16.5 Å². The number of rotatable bonds is 3. The Morgan fingerprint density at radius 2 is 2.05 bits per heavy atom. The van der Waals surface area contributed by atoms with E-state index < -0.39 is 0 Å². The van der Waals surface area contributed by atoms with E-state index in [4.69, 9.17) is 11.6 Å². The van der Waals surface area contributed by atoms with Gasteiger partial charge >= 0.3 is 0 Å². The maximum atomic E-state index is 10.7. The van der Waals surface area contributed by atoms with Gasteiger partial charge in [-0.1, -0.05) is 37.8 Å². The maximum Gasteiger partial charge on any atom is 0.0994 e. The van der Waals surface area contributed by atoms with Gasteiger partial charge in [0.25, 0.3) is 0 Å². The summed E-state index contributed by atoms with van der Waals surface area (Å²) in [6.45, 7) is 2.09. The predicted octanol–water partition coefficient (Wildman–Crippen LogP) is 4.03. The number of imidazole rings is 1. The monoisotopic (exact) mass is 292 g/mol. The summed E-state index contributed by atoms with van der Waals surface area (Å²) in [5, 5.41) is 11.4. The third-order valence-electron chi connectivity index (χ3n) is 4.63. The third kappa shape index (κ3) is 2.57. The molecule has 1 unspecified atom stereocenters. The van der Waals surface area contributed by atoms with Crippen LogP contribution < -0.4 is 0 Å². The number of nitrogens with zero attached hydrogens (tertiary/aromatic N) is 2. The molecule has 2 aromatic rings. The molecule has 0 spiro atoms. The van der Waals surface area contributed by atoms with Gasteiger partial charge in [0.1, 0.15) is 0 Å². The lowest BCUT2D eigenvalue weighted by atomic mass is 9.80. The second-order valence-electron chi connectivity index (χ2n) is 5.96. The molecule has 2 aromatic heterocycles. The van der Waals surface area contributed by atoms with Crippen LogP contribution in [0.25, 0.3) is 5.52 Å². The van der Waals surface area contributed by atoms with Gasteiger partial charge in [-0.05, 0) is 30.9 Å². The number of pyridine rings is 1. The van der Waals surface area contributed by atoms with Crippen LogP contribution in [0.1, 0.15) is 50.6 Å². The summed E-state index contributed by atoms with van der Waals surface area (Å²) >= 11 is 6.19. The van der Waals surface area contributed by atoms with E-state index in [9.17, 15) is 5.11 Å². The summed E-state index contributed by atoms with van der Waals surface area (Å²) < 4.78 is 2.03. The van der Waals surface area contributed by atoms with E-state index in [0.29, 0.717) is 10.9 Å². The largest absolute Gasteiger partial charge is 0.392 e. The minimum Gasteiger partial charge on any atom is -0.392 e. The van der Waals surface area contributed by atoms with Gasteiger partial charge in [0.15, 0.2) is 0 Å². The van der Waals surface area contributed by atoms with Crippen molar-refractivity contribution in [3.8, 4) is 0 Å². The van der Waals surface area contributed by atoms with Gasteiger partial charge in [-0.2, -0.15) is 0 Å². The van der Waals surface area contributed by atoms with Gasteiger partial charge in [0.05, 0.1) is 24.1 Å². The molecule has 0 saturated heterocycles. The van der Waals surface area contributed by atoms with E-state index in [1.54, 1.807) is 12.5 Å². The zero-order chi connectivity index (χ0) is 14.1. The normalized spacial score (nSPS) is 20.1. The van der Waals surface area contributed by atoms with Crippen LogP contribution in [0.2, 0.25) is 5.02 Å². The highest BCUT2D eigenvalue weighted by atomic mass is 35.5. The fourth-order valence-corrected chi connectivity index (χ4v) is 3.65. The van der Waals surface area contributed by atoms with Crippen molar-refractivity contribution in [2.75, 3.05) is 0 Å². The molecule has 1 saturated carbocycles. The van der Waals surface area contributed by atoms with E-state index >= 15 is 0 Å². The molecule has 1 aliphatic carbocycles. The average Bonchev–Trinajstić information content (AvgIpc) is 2.94. The van der Waals surface area contributed by atoms with Crippen LogP contribution in [0.15, 0.2) is 24.7 Å². The Hall–Kier alpha value is -1.06. The van der Waals surface area contributed by atoms with Crippen molar-refractivity contribution in [1.29, 1.82) is 0 Å². The van der Waals surface area contributed by atoms with Crippen molar-refractivity contribution in [2.24, 2.45) is 5.92 Å². The minimum atomic E-state index is -0.306. The Morgan fingerprint density at radius 3 is 2.80 bits per heavy atom. The lowest BCUT2D eigenvalue weighted by molar-refractivity contribution is 0.0637. The quantitative estimate of drug-likeness (QED) is 0.927. The zero-order valence-electron chi connectivity index (χ0n) is 11.8. The van der Waals surface area contributed by atoms with E-state index in [0.717, 1.165) is 24.1 Å². The Balaban J connectivity index is 1.91. The van der Waals surface area contributed by atoms with Crippen LogP contribution >= 0.6 is 11.6 Å². The summed E-state index contributed by atoms with van der Waals surface area (Å²) in [6.07, 6.45) is 9.35. The maximum absolute atomic E-state index is 10.7. The molecular weight excluding hydrogens is 272 g/mol. The second-order valence-corrected chi connectivity index (χ2v) is 6.40. The SMILES string of the molecule is CC(c1cc(Cl)cc2cncn12)[C@@H](O)C1CCCCC1. The summed E-state index contributed by atoms with van der Waals surface area (Å²) in [4.78, 5) is 4.18. The van der Waals surface area contributed by atoms with E-state index in [1.165, 1.54) is 19.3 Å². The van der Waals surface area contributed by atoms with Crippen LogP contribution in [0, 0.1) is 5.92 Å². The van der Waals surface area contributed by atoms with Gasteiger partial charge in [0.2, 0.25) is 0 Å². The molecule has 20 heavy (non-hydrogen) atoms. The van der Waals surface area contributed by atoms with Crippen molar-refractivity contribution in [3.63, 3.8) is 0 Å². The Kier molecular flexibility index (Phi) is 3.99. The lowest BCUT2D eigenvalue weighted by Gasteiger charge is -2.31. The molecule has 0 radical (unpaired) electrons. The number of aliphatic hydroxyl groups excluding tert-OH is 1. The van der Waals surface area contributed by atoms with Gasteiger partial charge in [-0.25, -0.2) is 4.98 Å². The molecule has 3 nitrogen and oxygen atoms in total. The molecule has 4 heteroatoms. The van der Waals surface area contributed by atoms with Gasteiger partial charge in [-0.3, -0.25) is 0 Å². The number of hydrogen-bond donors (Lipinski definition) is 1. The van der Waals surface area contributed by atoms with Gasteiger partial charge in [0, 0.05) is 16.6 Å². The molecule has 1 aliphatic rings. The highest BCUT2D eigenvalue weighted by Crippen LogP contribution is 2.34. The molecule has 2 heterocycles. The predicted molar refractivity (Wildman–Crippen MR) is 81.2 cm³/mol. The van der Waals surface area contributed by atoms with E-state index in [-0.39, 0.29) is 12.0 Å². The number of hydrogen-bond acceptors (Lipinski definition) is 2. The van der Waals surface area contributed by atoms with Crippen LogP contribution in [0.5, 0.6) is 0 Å². The third-order valence-corrected chi connectivity index (χ3v) is 4.85. The molecule has 1 fully saturated rings. The summed E-state index contributed by atoms with van der Waals surface area (Å²) in [5.41, 5.74) is 2.03. The first-order valence-corrected chi connectivity index (χ1v) is 7.84. The molecule has 0 aliphatic heterocycles. The molecule has 108 valence electrons. The van der Waals surface area contributed by atoms with Crippen LogP contribution in [0.4, 0.5) is 0 Å². The van der Waals surface area contributed by atoms with Crippen molar-refractivity contribution in [3.05, 3.63) is 35.4 Å². The standard InChI is InChI=1S/C16H21ClN2O/c1-11(16(20)12-5-3-2-4-6-12)15-8-13(17)7-14-9-18-10-19(14)15/h7-12,16,20H,2-6H2,1H3/t11?,16-/m1/s1. The minimum absolute atomic E-state index is 0.0634. The fraction of sp³-hybridized carbons (Fsp3) is 0.562. The molecule has 2 atom stereocenters. The number of aromatic nitrogens is 2. The molecular formula is C16H21ClN2O. The number of fused-ring (bicyclic) bond motifs is 1. The van der Waals surface area contributed by atoms with Crippen molar-refractivity contribution < 1.29 is 5.11 Å². The highest BCUT2D eigenvalue weighted by Gasteiger charge is 2.28. The van der Waals surface area contributed by atoms with Crippen molar-refractivity contribution in [1.82, 2.24) is 9.38 Å². The van der Waals surface area contributed by atoms with Gasteiger partial charge in [-0.15, -0.1) is 0 Å². The van der Waals surface area contributed by atoms with Crippen LogP contribution in [0.3, 0.4) is 0 Å². The summed E-state index contributed by atoms with van der Waals surface area (Å²) in [7, 11) is 0. The molecule has 1 N–H and O–H groups in total. The topological polar surface area (TPSA) is 37.5 Å². The van der Waals surface area contributed by atoms with E-state index in [2.05, 4.69) is 11.9 Å². The molecule has 3 rings (SSSR count). The zero-order valence-corrected chi connectivity index (χ0v) is 12.6. The Bertz CT molecular complexity index is 589. The first-order valence-electron chi connectivity index (χ1n) is 7.46. The molecule has 0 amide bonds. The summed E-state index contributed by atoms with van der Waals surface area (Å²) in [6, 6.07) is 3.85. The first-order chi connectivity index (χ1) is 9.66. The van der Waals surface area contributed by atoms with Crippen LogP contribution in [-0.4, -0.2) is 20.6 Å².